The van der Waals surface area contributed by atoms with Crippen molar-refractivity contribution in [3.63, 3.8) is 0 Å². The molecule has 22 heavy (non-hydrogen) atoms. The van der Waals surface area contributed by atoms with E-state index in [2.05, 4.69) is 15.5 Å². The molecule has 0 saturated heterocycles. The zero-order valence-corrected chi connectivity index (χ0v) is 12.3. The second kappa shape index (κ2) is 6.84. The first-order valence-corrected chi connectivity index (χ1v) is 6.88. The van der Waals surface area contributed by atoms with Crippen molar-refractivity contribution < 1.29 is 19.2 Å². The third kappa shape index (κ3) is 3.91. The number of carboxylic acids is 1. The minimum atomic E-state index is -1.07. The van der Waals surface area contributed by atoms with Crippen LogP contribution in [0.3, 0.4) is 0 Å². The summed E-state index contributed by atoms with van der Waals surface area (Å²) in [4.78, 5) is 27.1. The summed E-state index contributed by atoms with van der Waals surface area (Å²) in [5.41, 5.74) is 0.778. The number of amides is 1. The fraction of sp³-hybridized carbons (Fsp3) is 0.333. The van der Waals surface area contributed by atoms with Gasteiger partial charge in [-0.15, -0.1) is 0 Å². The molecule has 0 aliphatic rings. The molecular weight excluding hydrogens is 286 g/mol. The van der Waals surface area contributed by atoms with Gasteiger partial charge >= 0.3 is 5.97 Å². The number of aliphatic carboxylic acids is 1. The van der Waals surface area contributed by atoms with Crippen molar-refractivity contribution in [2.75, 3.05) is 0 Å². The Kier molecular flexibility index (Phi) is 4.88. The maximum absolute atomic E-state index is 12.1. The summed E-state index contributed by atoms with van der Waals surface area (Å²) in [6.07, 6.45) is 3.54. The number of aromatic nitrogens is 2. The van der Waals surface area contributed by atoms with Crippen LogP contribution in [0.25, 0.3) is 11.3 Å². The van der Waals surface area contributed by atoms with Gasteiger partial charge < -0.3 is 14.9 Å². The number of carbonyl (C=O) groups excluding carboxylic acids is 1. The van der Waals surface area contributed by atoms with Gasteiger partial charge in [0.25, 0.3) is 5.91 Å². The lowest BCUT2D eigenvalue weighted by Gasteiger charge is -2.15. The molecule has 7 heteroatoms. The highest BCUT2D eigenvalue weighted by atomic mass is 16.5. The van der Waals surface area contributed by atoms with Crippen molar-refractivity contribution in [2.24, 2.45) is 5.92 Å². The minimum Gasteiger partial charge on any atom is -0.480 e. The van der Waals surface area contributed by atoms with Crippen LogP contribution in [0.5, 0.6) is 0 Å². The average Bonchev–Trinajstić information content (AvgIpc) is 2.96. The van der Waals surface area contributed by atoms with Crippen molar-refractivity contribution in [1.29, 1.82) is 0 Å². The molecule has 0 aliphatic carbocycles. The molecule has 0 radical (unpaired) electrons. The zero-order chi connectivity index (χ0) is 16.1. The maximum atomic E-state index is 12.1. The van der Waals surface area contributed by atoms with Crippen LogP contribution < -0.4 is 5.32 Å². The molecule has 0 fully saturated rings. The predicted molar refractivity (Wildman–Crippen MR) is 78.1 cm³/mol. The van der Waals surface area contributed by atoms with E-state index in [1.165, 1.54) is 6.07 Å². The van der Waals surface area contributed by atoms with Crippen molar-refractivity contribution in [3.8, 4) is 11.3 Å². The molecule has 0 aliphatic heterocycles. The fourth-order valence-electron chi connectivity index (χ4n) is 1.96. The van der Waals surface area contributed by atoms with Gasteiger partial charge in [0, 0.05) is 24.0 Å². The smallest absolute Gasteiger partial charge is 0.326 e. The summed E-state index contributed by atoms with van der Waals surface area (Å²) in [5, 5.41) is 15.3. The highest BCUT2D eigenvalue weighted by Gasteiger charge is 2.23. The van der Waals surface area contributed by atoms with Gasteiger partial charge in [0.2, 0.25) is 0 Å². The first-order valence-electron chi connectivity index (χ1n) is 6.88. The van der Waals surface area contributed by atoms with E-state index in [4.69, 9.17) is 9.63 Å². The summed E-state index contributed by atoms with van der Waals surface area (Å²) in [6.45, 7) is 3.78. The van der Waals surface area contributed by atoms with Crippen LogP contribution in [-0.2, 0) is 4.79 Å². The fourth-order valence-corrected chi connectivity index (χ4v) is 1.96. The molecule has 2 aromatic rings. The van der Waals surface area contributed by atoms with E-state index in [0.29, 0.717) is 12.2 Å². The largest absolute Gasteiger partial charge is 0.480 e. The standard InChI is InChI=1S/C15H17N3O4/c1-9(2)7-12(15(20)21)17-14(19)11-8-13(22-18-11)10-3-5-16-6-4-10/h3-6,8-9,12H,7H2,1-2H3,(H,17,19)(H,20,21)/t12-/m0/s1. The van der Waals surface area contributed by atoms with Gasteiger partial charge in [0.1, 0.15) is 6.04 Å². The molecule has 1 atom stereocenters. The van der Waals surface area contributed by atoms with E-state index in [-0.39, 0.29) is 11.6 Å². The average molecular weight is 303 g/mol. The lowest BCUT2D eigenvalue weighted by molar-refractivity contribution is -0.139. The number of carbonyl (C=O) groups is 2. The zero-order valence-electron chi connectivity index (χ0n) is 12.3. The number of hydrogen-bond acceptors (Lipinski definition) is 5. The van der Waals surface area contributed by atoms with E-state index in [0.717, 1.165) is 5.56 Å². The molecule has 7 nitrogen and oxygen atoms in total. The minimum absolute atomic E-state index is 0.0434. The second-order valence-electron chi connectivity index (χ2n) is 5.31. The van der Waals surface area contributed by atoms with Gasteiger partial charge in [-0.25, -0.2) is 4.79 Å². The van der Waals surface area contributed by atoms with E-state index >= 15 is 0 Å². The Hall–Kier alpha value is -2.70. The lowest BCUT2D eigenvalue weighted by Crippen LogP contribution is -2.41. The third-order valence-electron chi connectivity index (χ3n) is 3.02. The van der Waals surface area contributed by atoms with Crippen molar-refractivity contribution >= 4 is 11.9 Å². The predicted octanol–water partition coefficient (Wildman–Crippen LogP) is 1.97. The Morgan fingerprint density at radius 1 is 1.32 bits per heavy atom. The van der Waals surface area contributed by atoms with Crippen LogP contribution in [0.4, 0.5) is 0 Å². The first-order chi connectivity index (χ1) is 10.5. The molecule has 2 heterocycles. The molecule has 0 saturated carbocycles. The highest BCUT2D eigenvalue weighted by Crippen LogP contribution is 2.19. The Labute approximate surface area is 127 Å². The van der Waals surface area contributed by atoms with Gasteiger partial charge in [0.15, 0.2) is 11.5 Å². The van der Waals surface area contributed by atoms with E-state index in [1.807, 2.05) is 13.8 Å². The van der Waals surface area contributed by atoms with E-state index in [9.17, 15) is 9.59 Å². The number of hydrogen-bond donors (Lipinski definition) is 2. The molecule has 0 bridgehead atoms. The molecular formula is C15H17N3O4. The highest BCUT2D eigenvalue weighted by molar-refractivity contribution is 5.95. The third-order valence-corrected chi connectivity index (χ3v) is 3.02. The molecule has 2 aromatic heterocycles. The van der Waals surface area contributed by atoms with Crippen molar-refractivity contribution in [1.82, 2.24) is 15.5 Å². The Morgan fingerprint density at radius 3 is 2.59 bits per heavy atom. The van der Waals surface area contributed by atoms with E-state index < -0.39 is 17.9 Å². The molecule has 0 aromatic carbocycles. The first kappa shape index (κ1) is 15.7. The monoisotopic (exact) mass is 303 g/mol. The number of pyridine rings is 1. The molecule has 0 unspecified atom stereocenters. The van der Waals surface area contributed by atoms with Crippen molar-refractivity contribution in [3.05, 3.63) is 36.3 Å². The Balaban J connectivity index is 2.10. The summed E-state index contributed by atoms with van der Waals surface area (Å²) in [7, 11) is 0. The lowest BCUT2D eigenvalue weighted by atomic mass is 10.0. The topological polar surface area (TPSA) is 105 Å². The van der Waals surface area contributed by atoms with E-state index in [1.54, 1.807) is 24.5 Å². The van der Waals surface area contributed by atoms with Gasteiger partial charge in [-0.1, -0.05) is 19.0 Å². The van der Waals surface area contributed by atoms with Crippen LogP contribution in [0.1, 0.15) is 30.8 Å². The van der Waals surface area contributed by atoms with Gasteiger partial charge in [-0.2, -0.15) is 0 Å². The number of nitrogens with zero attached hydrogens (tertiary/aromatic N) is 2. The van der Waals surface area contributed by atoms with Crippen molar-refractivity contribution in [2.45, 2.75) is 26.3 Å². The van der Waals surface area contributed by atoms with Crippen LogP contribution in [0.2, 0.25) is 0 Å². The second-order valence-corrected chi connectivity index (χ2v) is 5.31. The number of carboxylic acid groups (broad SMARTS) is 1. The summed E-state index contributed by atoms with van der Waals surface area (Å²) < 4.78 is 5.11. The van der Waals surface area contributed by atoms with Gasteiger partial charge in [-0.3, -0.25) is 9.78 Å². The SMILES string of the molecule is CC(C)C[C@H](NC(=O)c1cc(-c2ccncc2)on1)C(=O)O. The molecule has 2 N–H and O–H groups in total. The normalized spacial score (nSPS) is 12.1. The van der Waals surface area contributed by atoms with Gasteiger partial charge in [0.05, 0.1) is 0 Å². The molecule has 0 spiro atoms. The molecule has 2 rings (SSSR count). The maximum Gasteiger partial charge on any atom is 0.326 e. The summed E-state index contributed by atoms with van der Waals surface area (Å²) in [6, 6.07) is 3.97. The molecule has 116 valence electrons. The van der Waals surface area contributed by atoms with Crippen LogP contribution in [0.15, 0.2) is 35.1 Å². The number of nitrogens with one attached hydrogen (secondary N) is 1. The summed E-state index contributed by atoms with van der Waals surface area (Å²) >= 11 is 0. The molecule has 1 amide bonds. The van der Waals surface area contributed by atoms with Crippen LogP contribution in [0, 0.1) is 5.92 Å². The quantitative estimate of drug-likeness (QED) is 0.845. The van der Waals surface area contributed by atoms with Crippen LogP contribution >= 0.6 is 0 Å². The number of rotatable bonds is 6. The Bertz CT molecular complexity index is 652. The Morgan fingerprint density at radius 2 is 2.00 bits per heavy atom. The summed E-state index contributed by atoms with van der Waals surface area (Å²) in [5.74, 6) is -1.08. The van der Waals surface area contributed by atoms with Gasteiger partial charge in [-0.05, 0) is 24.5 Å². The van der Waals surface area contributed by atoms with Crippen LogP contribution in [-0.4, -0.2) is 33.2 Å².